The van der Waals surface area contributed by atoms with Gasteiger partial charge in [0.15, 0.2) is 20.2 Å². The van der Waals surface area contributed by atoms with Crippen molar-refractivity contribution in [3.63, 3.8) is 0 Å². The highest BCUT2D eigenvalue weighted by Gasteiger charge is 2.35. The lowest BCUT2D eigenvalue weighted by Crippen LogP contribution is -2.34. The summed E-state index contributed by atoms with van der Waals surface area (Å²) in [7, 11) is 0. The maximum Gasteiger partial charge on any atom is 0.161 e. The Kier molecular flexibility index (Phi) is 8.26. The minimum absolute atomic E-state index is 0.498. The van der Waals surface area contributed by atoms with Crippen LogP contribution in [0.25, 0.3) is 0 Å². The number of hydrogen-bond donors (Lipinski definition) is 0. The number of ether oxygens (including phenoxy) is 3. The van der Waals surface area contributed by atoms with E-state index in [2.05, 4.69) is 170 Å². The van der Waals surface area contributed by atoms with E-state index in [1.165, 1.54) is 67.1 Å². The summed E-state index contributed by atoms with van der Waals surface area (Å²) in [5.74, 6) is 2.83. The van der Waals surface area contributed by atoms with E-state index < -0.39 is 5.41 Å². The third-order valence-corrected chi connectivity index (χ3v) is 11.2. The molecule has 9 rings (SSSR count). The Labute approximate surface area is 312 Å². The summed E-state index contributed by atoms with van der Waals surface area (Å²) in [6.45, 7) is 12.7. The maximum atomic E-state index is 6.36. The Bertz CT molecular complexity index is 2080. The Balaban J connectivity index is 1.13. The van der Waals surface area contributed by atoms with Gasteiger partial charge in [0.25, 0.3) is 0 Å². The summed E-state index contributed by atoms with van der Waals surface area (Å²) < 4.78 is 19.1. The summed E-state index contributed by atoms with van der Waals surface area (Å²) in [5.41, 5.74) is 13.9. The molecule has 0 saturated heterocycles. The molecule has 6 nitrogen and oxygen atoms in total. The lowest BCUT2D eigenvalue weighted by Gasteiger charge is -2.37. The molecule has 53 heavy (non-hydrogen) atoms. The SMILES string of the molecule is Cc1cccc(N2COc3ccc(C(C)(c4ccc5c(c4)CN(c4cccc(C)c4)CO5)c4ccc5c(c4)CN(c4cccc(C)c4)CO5)cc3C2)c1. The van der Waals surface area contributed by atoms with Gasteiger partial charge in [-0.3, -0.25) is 0 Å². The van der Waals surface area contributed by atoms with Gasteiger partial charge in [0.2, 0.25) is 0 Å². The van der Waals surface area contributed by atoms with Crippen LogP contribution in [0.2, 0.25) is 0 Å². The molecule has 3 heterocycles. The highest BCUT2D eigenvalue weighted by molar-refractivity contribution is 5.60. The topological polar surface area (TPSA) is 37.4 Å². The Hall–Kier alpha value is -5.88. The predicted octanol–water partition coefficient (Wildman–Crippen LogP) is 10.0. The number of benzene rings is 6. The molecule has 0 N–H and O–H groups in total. The van der Waals surface area contributed by atoms with E-state index >= 15 is 0 Å². The summed E-state index contributed by atoms with van der Waals surface area (Å²) >= 11 is 0. The number of aryl methyl sites for hydroxylation is 3. The first-order valence-corrected chi connectivity index (χ1v) is 18.5. The van der Waals surface area contributed by atoms with Gasteiger partial charge in [0.05, 0.1) is 0 Å². The lowest BCUT2D eigenvalue weighted by molar-refractivity contribution is 0.288. The van der Waals surface area contributed by atoms with Crippen LogP contribution in [-0.2, 0) is 25.0 Å². The average Bonchev–Trinajstić information content (AvgIpc) is 3.19. The highest BCUT2D eigenvalue weighted by atomic mass is 16.5. The van der Waals surface area contributed by atoms with Crippen LogP contribution in [0.4, 0.5) is 17.1 Å². The second-order valence-corrected chi connectivity index (χ2v) is 15.0. The molecule has 3 aliphatic rings. The second-order valence-electron chi connectivity index (χ2n) is 15.0. The summed E-state index contributed by atoms with van der Waals surface area (Å²) in [6.07, 6.45) is 0. The van der Waals surface area contributed by atoms with Gasteiger partial charge in [-0.15, -0.1) is 0 Å². The van der Waals surface area contributed by atoms with Gasteiger partial charge in [0.1, 0.15) is 17.2 Å². The summed E-state index contributed by atoms with van der Waals surface area (Å²) in [5, 5.41) is 0. The highest BCUT2D eigenvalue weighted by Crippen LogP contribution is 2.45. The van der Waals surface area contributed by atoms with Crippen molar-refractivity contribution >= 4 is 17.1 Å². The number of hydrogen-bond acceptors (Lipinski definition) is 6. The van der Waals surface area contributed by atoms with Crippen LogP contribution in [-0.4, -0.2) is 20.2 Å². The van der Waals surface area contributed by atoms with Crippen LogP contribution in [0, 0.1) is 20.8 Å². The van der Waals surface area contributed by atoms with Crippen molar-refractivity contribution in [1.82, 2.24) is 0 Å². The molecular formula is C47H45N3O3. The zero-order valence-corrected chi connectivity index (χ0v) is 30.9. The van der Waals surface area contributed by atoms with Gasteiger partial charge in [-0.2, -0.15) is 0 Å². The summed E-state index contributed by atoms with van der Waals surface area (Å²) in [6, 6.07) is 46.3. The van der Waals surface area contributed by atoms with E-state index in [-0.39, 0.29) is 0 Å². The lowest BCUT2D eigenvalue weighted by atomic mass is 9.70. The Morgan fingerprint density at radius 1 is 0.415 bits per heavy atom. The van der Waals surface area contributed by atoms with E-state index in [1.807, 2.05) is 0 Å². The van der Waals surface area contributed by atoms with E-state index in [0.29, 0.717) is 20.2 Å². The smallest absolute Gasteiger partial charge is 0.161 e. The quantitative estimate of drug-likeness (QED) is 0.161. The molecular weight excluding hydrogens is 655 g/mol. The normalized spacial score (nSPS) is 15.1. The van der Waals surface area contributed by atoms with Crippen molar-refractivity contribution in [3.05, 3.63) is 177 Å². The minimum Gasteiger partial charge on any atom is -0.473 e. The fourth-order valence-electron chi connectivity index (χ4n) is 8.13. The molecule has 0 saturated carbocycles. The van der Waals surface area contributed by atoms with Crippen molar-refractivity contribution in [3.8, 4) is 17.2 Å². The molecule has 0 radical (unpaired) electrons. The molecule has 0 fully saturated rings. The fourth-order valence-corrected chi connectivity index (χ4v) is 8.13. The van der Waals surface area contributed by atoms with Crippen LogP contribution in [0.5, 0.6) is 17.2 Å². The standard InChI is InChI=1S/C47H45N3O3/c1-32-8-5-11-41(20-32)48-26-35-23-38(14-17-44(35)51-29-48)47(4,39-15-18-45-36(24-39)27-49(30-52-45)42-12-6-9-33(2)21-42)40-16-19-46-37(25-40)28-50(31-53-46)43-13-7-10-34(3)22-43/h5-25H,26-31H2,1-4H3. The molecule has 0 aromatic heterocycles. The van der Waals surface area contributed by atoms with Crippen molar-refractivity contribution in [1.29, 1.82) is 0 Å². The number of fused-ring (bicyclic) bond motifs is 3. The molecule has 3 aliphatic heterocycles. The molecule has 6 heteroatoms. The van der Waals surface area contributed by atoms with Crippen LogP contribution >= 0.6 is 0 Å². The number of anilines is 3. The van der Waals surface area contributed by atoms with Gasteiger partial charge < -0.3 is 28.9 Å². The second kappa shape index (κ2) is 13.3. The van der Waals surface area contributed by atoms with Gasteiger partial charge in [-0.05, 0) is 134 Å². The zero-order chi connectivity index (χ0) is 36.1. The van der Waals surface area contributed by atoms with E-state index in [1.54, 1.807) is 0 Å². The predicted molar refractivity (Wildman–Crippen MR) is 213 cm³/mol. The first kappa shape index (κ1) is 33.0. The van der Waals surface area contributed by atoms with E-state index in [0.717, 1.165) is 36.9 Å². The van der Waals surface area contributed by atoms with Gasteiger partial charge in [-0.25, -0.2) is 0 Å². The molecule has 6 aromatic rings. The first-order chi connectivity index (χ1) is 25.8. The molecule has 0 unspecified atom stereocenters. The molecule has 6 aromatic carbocycles. The number of rotatable bonds is 6. The number of nitrogens with zero attached hydrogens (tertiary/aromatic N) is 3. The summed E-state index contributed by atoms with van der Waals surface area (Å²) in [4.78, 5) is 6.92. The van der Waals surface area contributed by atoms with Crippen LogP contribution in [0.1, 0.15) is 57.0 Å². The Morgan fingerprint density at radius 2 is 0.736 bits per heavy atom. The maximum absolute atomic E-state index is 6.36. The monoisotopic (exact) mass is 699 g/mol. The molecule has 266 valence electrons. The third kappa shape index (κ3) is 6.22. The van der Waals surface area contributed by atoms with E-state index in [9.17, 15) is 0 Å². The molecule has 0 amide bonds. The molecule has 0 aliphatic carbocycles. The van der Waals surface area contributed by atoms with Crippen LogP contribution in [0.3, 0.4) is 0 Å². The third-order valence-electron chi connectivity index (χ3n) is 11.2. The minimum atomic E-state index is -0.498. The van der Waals surface area contributed by atoms with Gasteiger partial charge in [0, 0.05) is 58.8 Å². The average molecular weight is 700 g/mol. The Morgan fingerprint density at radius 3 is 1.04 bits per heavy atom. The van der Waals surface area contributed by atoms with Crippen molar-refractivity contribution in [2.75, 3.05) is 34.9 Å². The van der Waals surface area contributed by atoms with Crippen molar-refractivity contribution < 1.29 is 14.2 Å². The van der Waals surface area contributed by atoms with Crippen molar-refractivity contribution in [2.24, 2.45) is 0 Å². The van der Waals surface area contributed by atoms with Gasteiger partial charge >= 0.3 is 0 Å². The molecule has 0 atom stereocenters. The largest absolute Gasteiger partial charge is 0.473 e. The van der Waals surface area contributed by atoms with Crippen LogP contribution < -0.4 is 28.9 Å². The molecule has 0 spiro atoms. The van der Waals surface area contributed by atoms with Gasteiger partial charge in [-0.1, -0.05) is 54.6 Å². The fraction of sp³-hybridized carbons (Fsp3) is 0.234. The van der Waals surface area contributed by atoms with E-state index in [4.69, 9.17) is 14.2 Å². The van der Waals surface area contributed by atoms with Crippen molar-refractivity contribution in [2.45, 2.75) is 52.7 Å². The van der Waals surface area contributed by atoms with Crippen LogP contribution in [0.15, 0.2) is 127 Å². The first-order valence-electron chi connectivity index (χ1n) is 18.5. The molecule has 0 bridgehead atoms. The zero-order valence-electron chi connectivity index (χ0n) is 30.9.